The zero-order chi connectivity index (χ0) is 81.1. The number of ketones is 3. The topological polar surface area (TPSA) is 396 Å². The van der Waals surface area contributed by atoms with Crippen molar-refractivity contribution < 1.29 is 106 Å². The molecular weight excluding hydrogens is 1510 g/mol. The summed E-state index contributed by atoms with van der Waals surface area (Å²) >= 11 is 13.4. The maximum atomic E-state index is 15.1. The first kappa shape index (κ1) is 87.2. The van der Waals surface area contributed by atoms with Crippen molar-refractivity contribution >= 4 is 109 Å². The van der Waals surface area contributed by atoms with E-state index in [9.17, 15) is 48.9 Å². The highest BCUT2D eigenvalue weighted by molar-refractivity contribution is 6.20. The number of nitrogens with two attached hydrogens (primary N) is 2. The number of amides is 7. The Bertz CT molecular complexity index is 4140. The quantitative estimate of drug-likeness (QED) is 0.0164. The van der Waals surface area contributed by atoms with E-state index in [0.29, 0.717) is 112 Å². The fraction of sp³-hybridized carbons (Fsp3) is 0.568. The fourth-order valence-corrected chi connectivity index (χ4v) is 15.9. The Labute approximate surface area is 666 Å². The van der Waals surface area contributed by atoms with E-state index in [1.165, 1.54) is 30.8 Å². The zero-order valence-electron chi connectivity index (χ0n) is 64.7. The Morgan fingerprint density at radius 3 is 1.60 bits per heavy atom. The van der Waals surface area contributed by atoms with Gasteiger partial charge in [0.1, 0.15) is 48.3 Å². The van der Waals surface area contributed by atoms with Gasteiger partial charge in [-0.05, 0) is 78.0 Å². The molecule has 0 aromatic heterocycles. The number of aliphatic hydroxyl groups excluding tert-OH is 3. The van der Waals surface area contributed by atoms with Gasteiger partial charge in [0.2, 0.25) is 24.0 Å². The second kappa shape index (κ2) is 40.9. The van der Waals surface area contributed by atoms with Crippen molar-refractivity contribution in [3.05, 3.63) is 107 Å². The Morgan fingerprint density at radius 1 is 0.628 bits per heavy atom. The number of benzene rings is 5. The molecule has 0 unspecified atom stereocenters. The van der Waals surface area contributed by atoms with E-state index in [4.69, 9.17) is 82.0 Å². The maximum absolute atomic E-state index is 15.1. The molecular formula is C81H106Cl2N8O22. The Kier molecular flexibility index (Phi) is 31.5. The number of nitrogens with zero attached hydrogens (tertiary/aromatic N) is 4. The number of nitrogens with one attached hydrogen (secondary N) is 2. The highest BCUT2D eigenvalue weighted by Gasteiger charge is 2.76. The lowest BCUT2D eigenvalue weighted by Crippen LogP contribution is -2.73. The molecule has 6 aliphatic rings. The van der Waals surface area contributed by atoms with Crippen LogP contribution in [0.2, 0.25) is 0 Å². The maximum Gasteiger partial charge on any atom is 0.415 e. The lowest BCUT2D eigenvalue weighted by Gasteiger charge is -2.69. The van der Waals surface area contributed by atoms with Crippen molar-refractivity contribution in [1.29, 1.82) is 0 Å². The summed E-state index contributed by atoms with van der Waals surface area (Å²) in [5, 5.41) is 40.3. The lowest BCUT2D eigenvalue weighted by molar-refractivity contribution is -0.265. The number of halogens is 2. The third kappa shape index (κ3) is 21.5. The Balaban J connectivity index is 0.675. The summed E-state index contributed by atoms with van der Waals surface area (Å²) in [5.41, 5.74) is 12.9. The smallest absolute Gasteiger partial charge is 0.415 e. The number of likely N-dealkylation sites (N-methyl/N-ethyl adjacent to an activating group) is 2. The van der Waals surface area contributed by atoms with Gasteiger partial charge in [-0.3, -0.25) is 28.8 Å². The van der Waals surface area contributed by atoms with Gasteiger partial charge in [0.05, 0.1) is 108 Å². The number of carbonyl (C=O) groups excluding carboxylic acids is 9. The predicted octanol–water partition coefficient (Wildman–Crippen LogP) is 6.40. The summed E-state index contributed by atoms with van der Waals surface area (Å²) in [6.45, 7) is 10.6. The molecule has 3 aliphatic carbocycles. The molecule has 4 fully saturated rings. The van der Waals surface area contributed by atoms with Crippen molar-refractivity contribution in [1.82, 2.24) is 20.4 Å². The van der Waals surface area contributed by atoms with Gasteiger partial charge in [0.15, 0.2) is 11.6 Å². The number of hydrogen-bond donors (Lipinski definition) is 7. The van der Waals surface area contributed by atoms with Crippen LogP contribution in [0.1, 0.15) is 99.8 Å². The summed E-state index contributed by atoms with van der Waals surface area (Å²) in [7, 11) is 3.05. The van der Waals surface area contributed by atoms with Crippen molar-refractivity contribution in [2.45, 2.75) is 127 Å². The van der Waals surface area contributed by atoms with Crippen LogP contribution in [-0.4, -0.2) is 260 Å². The number of Topliss-reactive ketones (excluding diaryl/α,β-unsaturated/α-hetero) is 3. The molecule has 5 aromatic carbocycles. The molecule has 30 nitrogen and oxygen atoms in total. The van der Waals surface area contributed by atoms with E-state index in [1.54, 1.807) is 58.3 Å². The average molecular weight is 1610 g/mol. The average Bonchev–Trinajstić information content (AvgIpc) is 1.62. The minimum absolute atomic E-state index is 0.0349. The first-order chi connectivity index (χ1) is 54.3. The molecule has 0 radical (unpaired) electrons. The number of aliphatic hydroxyl groups is 3. The van der Waals surface area contributed by atoms with Gasteiger partial charge in [0.25, 0.3) is 0 Å². The molecule has 0 spiro atoms. The van der Waals surface area contributed by atoms with E-state index in [0.717, 1.165) is 21.9 Å². The molecule has 7 amide bonds. The standard InChI is InChI=1S/C81H106Cl2N8O22/c1-49(2)60(38-55(93)20-25-104-27-29-106-31-33-108-35-36-109-34-32-107-30-28-105-26-21-84)73(98)87-61(15-10-22-86-77(85)101)64(94)37-51-16-18-52(19-17-51)45-110-78(102)88(4)23-24-89(5)79(103)112-66-40-63-68(59-14-9-7-12-57(59)66)54(42-83)44-91(63)76(100)81-46-80(47-81,48-81)75(99)90-43-53(41-82)67-58-13-8-6-11-56(58)65(39-62(67)90)111-74-71(97)69(95)70(96)72(113-74)50(3)92/h6-9,11-14,16-19,39-40,49,53-54,60-61,69-72,74,95-97H,10,15,20-38,41-48,84H2,1-5H3,(H,87,98)(H3,85,86,101)/t53-,54-,60+,61+,69+,70+,71-,72-,74-,80?,81?/m1/s1. The molecule has 2 bridgehead atoms. The second-order valence-electron chi connectivity index (χ2n) is 30.0. The first-order valence-electron chi connectivity index (χ1n) is 38.5. The molecule has 11 rings (SSSR count). The van der Waals surface area contributed by atoms with Gasteiger partial charge in [-0.1, -0.05) is 86.6 Å². The largest absolute Gasteiger partial charge is 0.461 e. The first-order valence-corrected chi connectivity index (χ1v) is 39.6. The molecule has 616 valence electrons. The minimum atomic E-state index is -1.76. The van der Waals surface area contributed by atoms with Crippen LogP contribution in [0.4, 0.5) is 25.8 Å². The van der Waals surface area contributed by atoms with E-state index in [1.807, 2.05) is 50.2 Å². The van der Waals surface area contributed by atoms with Gasteiger partial charge >= 0.3 is 18.2 Å². The highest BCUT2D eigenvalue weighted by Crippen LogP contribution is 2.75. The van der Waals surface area contributed by atoms with Crippen LogP contribution in [0.3, 0.4) is 0 Å². The number of ether oxygens (including phenoxy) is 10. The Hall–Kier alpha value is -8.21. The third-order valence-electron chi connectivity index (χ3n) is 21.5. The molecule has 3 heterocycles. The number of urea groups is 1. The molecule has 5 aromatic rings. The molecule has 9 atom stereocenters. The van der Waals surface area contributed by atoms with E-state index in [2.05, 4.69) is 10.6 Å². The predicted molar refractivity (Wildman–Crippen MR) is 418 cm³/mol. The van der Waals surface area contributed by atoms with Gasteiger partial charge < -0.3 is 104 Å². The van der Waals surface area contributed by atoms with Crippen molar-refractivity contribution in [3.8, 4) is 11.5 Å². The summed E-state index contributed by atoms with van der Waals surface area (Å²) < 4.78 is 56.6. The van der Waals surface area contributed by atoms with Crippen LogP contribution < -0.4 is 41.4 Å². The molecule has 113 heavy (non-hydrogen) atoms. The molecule has 3 saturated carbocycles. The number of alkyl halides is 2. The number of fused-ring (bicyclic) bond motifs is 6. The molecule has 3 aliphatic heterocycles. The normalized spacial score (nSPS) is 21.9. The number of anilines is 2. The van der Waals surface area contributed by atoms with Gasteiger partial charge in [-0.15, -0.1) is 23.2 Å². The van der Waals surface area contributed by atoms with Crippen LogP contribution in [0, 0.1) is 22.7 Å². The number of hydrogen-bond acceptors (Lipinski definition) is 23. The number of carbonyl (C=O) groups is 9. The van der Waals surface area contributed by atoms with Crippen LogP contribution in [-0.2, 0) is 79.7 Å². The van der Waals surface area contributed by atoms with Crippen molar-refractivity contribution in [3.63, 3.8) is 0 Å². The van der Waals surface area contributed by atoms with Gasteiger partial charge in [-0.25, -0.2) is 14.4 Å². The molecule has 9 N–H and O–H groups in total. The third-order valence-corrected chi connectivity index (χ3v) is 22.3. The lowest BCUT2D eigenvalue weighted by atomic mass is 9.34. The van der Waals surface area contributed by atoms with Crippen molar-refractivity contribution in [2.75, 3.05) is 154 Å². The van der Waals surface area contributed by atoms with E-state index in [-0.39, 0.29) is 162 Å². The second-order valence-corrected chi connectivity index (χ2v) is 30.6. The van der Waals surface area contributed by atoms with Crippen LogP contribution in [0.25, 0.3) is 21.5 Å². The van der Waals surface area contributed by atoms with Crippen LogP contribution in [0.15, 0.2) is 84.9 Å². The molecule has 32 heteroatoms. The van der Waals surface area contributed by atoms with Gasteiger partial charge in [-0.2, -0.15) is 0 Å². The summed E-state index contributed by atoms with van der Waals surface area (Å²) in [4.78, 5) is 128. The SMILES string of the molecule is CC(=O)[C@H]1O[C@@H](Oc2cc3c(c4ccccc24)[C@H](CCl)CN3C(=O)C23CC(C(=O)N4C[C@@H](CCl)c5c4cc(OC(=O)N(C)CCN(C)C(=O)OCc4ccc(CC(=O)[C@H](CCCNC(N)=O)NC(=O)[C@@H](CC(=O)CCOCCOCCOCCOCCOCCOCCN)C(C)C)cc4)c4ccccc54)(C2)C3)[C@H](O)[C@@H](O)[C@@H]1O. The van der Waals surface area contributed by atoms with E-state index < -0.39 is 83.4 Å². The highest BCUT2D eigenvalue weighted by atomic mass is 35.5. The van der Waals surface area contributed by atoms with E-state index >= 15 is 9.59 Å². The monoisotopic (exact) mass is 1610 g/mol. The number of rotatable bonds is 45. The van der Waals surface area contributed by atoms with Crippen LogP contribution >= 0.6 is 23.2 Å². The zero-order valence-corrected chi connectivity index (χ0v) is 66.2. The Morgan fingerprint density at radius 2 is 1.11 bits per heavy atom. The fourth-order valence-electron chi connectivity index (χ4n) is 15.4. The van der Waals surface area contributed by atoms with Crippen molar-refractivity contribution in [2.24, 2.45) is 34.1 Å². The number of primary amides is 1. The summed E-state index contributed by atoms with van der Waals surface area (Å²) in [6.07, 6.45) is -8.33. The summed E-state index contributed by atoms with van der Waals surface area (Å²) in [6, 6.07) is 23.2. The van der Waals surface area contributed by atoms with Crippen LogP contribution in [0.5, 0.6) is 11.5 Å². The van der Waals surface area contributed by atoms with Gasteiger partial charge in [0, 0.05) is 125 Å². The minimum Gasteiger partial charge on any atom is -0.461 e. The molecule has 1 saturated heterocycles. The summed E-state index contributed by atoms with van der Waals surface area (Å²) in [5.74, 6) is -2.64.